The highest BCUT2D eigenvalue weighted by atomic mass is 32.2. The zero-order chi connectivity index (χ0) is 23.5. The third kappa shape index (κ3) is 7.74. The van der Waals surface area contributed by atoms with E-state index < -0.39 is 15.9 Å². The van der Waals surface area contributed by atoms with E-state index in [1.54, 1.807) is 0 Å². The minimum absolute atomic E-state index is 0.0459. The van der Waals surface area contributed by atoms with Gasteiger partial charge in [0.25, 0.3) is 5.91 Å². The van der Waals surface area contributed by atoms with E-state index in [1.807, 2.05) is 60.7 Å². The Morgan fingerprint density at radius 1 is 0.818 bits per heavy atom. The monoisotopic (exact) mass is 467 g/mol. The van der Waals surface area contributed by atoms with Gasteiger partial charge in [-0.05, 0) is 42.3 Å². The first kappa shape index (κ1) is 24.0. The van der Waals surface area contributed by atoms with E-state index in [4.69, 9.17) is 4.74 Å². The SMILES string of the molecule is O=C(CCCOc1ccccc1)NNC(=O)c1cccc(S(=O)(=O)NCc2ccccc2)c1. The Labute approximate surface area is 193 Å². The van der Waals surface area contributed by atoms with Crippen molar-refractivity contribution in [1.82, 2.24) is 15.6 Å². The van der Waals surface area contributed by atoms with Gasteiger partial charge in [0.05, 0.1) is 11.5 Å². The van der Waals surface area contributed by atoms with Gasteiger partial charge >= 0.3 is 0 Å². The van der Waals surface area contributed by atoms with Crippen molar-refractivity contribution in [1.29, 1.82) is 0 Å². The maximum Gasteiger partial charge on any atom is 0.269 e. The van der Waals surface area contributed by atoms with Crippen LogP contribution in [-0.2, 0) is 21.4 Å². The third-order valence-corrected chi connectivity index (χ3v) is 5.99. The molecule has 2 amide bonds. The summed E-state index contributed by atoms with van der Waals surface area (Å²) in [5, 5.41) is 0. The molecule has 0 aromatic heterocycles. The molecule has 0 spiro atoms. The second kappa shape index (κ2) is 11.8. The number of hydrogen-bond donors (Lipinski definition) is 3. The van der Waals surface area contributed by atoms with E-state index in [0.717, 1.165) is 11.3 Å². The zero-order valence-corrected chi connectivity index (χ0v) is 18.7. The summed E-state index contributed by atoms with van der Waals surface area (Å²) in [6, 6.07) is 23.9. The van der Waals surface area contributed by atoms with Crippen LogP contribution in [-0.4, -0.2) is 26.8 Å². The standard InChI is InChI=1S/C24H25N3O5S/c28-23(15-8-16-32-21-12-5-2-6-13-21)26-27-24(29)20-11-7-14-22(17-20)33(30,31)25-18-19-9-3-1-4-10-19/h1-7,9-14,17,25H,8,15-16,18H2,(H,26,28)(H,27,29). The number of amides is 2. The van der Waals surface area contributed by atoms with E-state index in [1.165, 1.54) is 24.3 Å². The fraction of sp³-hybridized carbons (Fsp3) is 0.167. The van der Waals surface area contributed by atoms with Gasteiger partial charge in [0, 0.05) is 18.5 Å². The largest absolute Gasteiger partial charge is 0.494 e. The van der Waals surface area contributed by atoms with Crippen LogP contribution in [0.2, 0.25) is 0 Å². The van der Waals surface area contributed by atoms with Crippen LogP contribution in [0.4, 0.5) is 0 Å². The lowest BCUT2D eigenvalue weighted by Gasteiger charge is -2.10. The Bertz CT molecular complexity index is 1170. The quantitative estimate of drug-likeness (QED) is 0.313. The highest BCUT2D eigenvalue weighted by molar-refractivity contribution is 7.89. The van der Waals surface area contributed by atoms with E-state index in [2.05, 4.69) is 15.6 Å². The molecule has 3 aromatic rings. The number of sulfonamides is 1. The molecule has 0 radical (unpaired) electrons. The Hall–Kier alpha value is -3.69. The molecule has 3 N–H and O–H groups in total. The van der Waals surface area contributed by atoms with Gasteiger partial charge in [-0.2, -0.15) is 0 Å². The van der Waals surface area contributed by atoms with E-state index in [0.29, 0.717) is 13.0 Å². The third-order valence-electron chi connectivity index (χ3n) is 4.59. The molecule has 3 aromatic carbocycles. The van der Waals surface area contributed by atoms with Crippen molar-refractivity contribution in [2.45, 2.75) is 24.3 Å². The highest BCUT2D eigenvalue weighted by Gasteiger charge is 2.16. The van der Waals surface area contributed by atoms with Crippen LogP contribution in [0.5, 0.6) is 5.75 Å². The number of carbonyl (C=O) groups excluding carboxylic acids is 2. The fourth-order valence-corrected chi connectivity index (χ4v) is 3.93. The van der Waals surface area contributed by atoms with Crippen molar-refractivity contribution in [3.63, 3.8) is 0 Å². The Morgan fingerprint density at radius 2 is 1.52 bits per heavy atom. The van der Waals surface area contributed by atoms with Crippen molar-refractivity contribution in [3.05, 3.63) is 96.1 Å². The number of hydrazine groups is 1. The predicted molar refractivity (Wildman–Crippen MR) is 124 cm³/mol. The average Bonchev–Trinajstić information content (AvgIpc) is 2.85. The molecular formula is C24H25N3O5S. The summed E-state index contributed by atoms with van der Waals surface area (Å²) in [4.78, 5) is 24.3. The lowest BCUT2D eigenvalue weighted by Crippen LogP contribution is -2.41. The summed E-state index contributed by atoms with van der Waals surface area (Å²) >= 11 is 0. The first-order chi connectivity index (χ1) is 15.9. The molecule has 0 aliphatic heterocycles. The van der Waals surface area contributed by atoms with Crippen LogP contribution < -0.4 is 20.3 Å². The van der Waals surface area contributed by atoms with Gasteiger partial charge in [-0.25, -0.2) is 13.1 Å². The fourth-order valence-electron chi connectivity index (χ4n) is 2.86. The molecule has 33 heavy (non-hydrogen) atoms. The summed E-state index contributed by atoms with van der Waals surface area (Å²) in [5.41, 5.74) is 5.54. The average molecular weight is 468 g/mol. The lowest BCUT2D eigenvalue weighted by molar-refractivity contribution is -0.122. The molecule has 0 aliphatic carbocycles. The number of hydrogen-bond acceptors (Lipinski definition) is 5. The van der Waals surface area contributed by atoms with E-state index in [-0.39, 0.29) is 29.3 Å². The maximum atomic E-state index is 12.6. The first-order valence-electron chi connectivity index (χ1n) is 10.3. The highest BCUT2D eigenvalue weighted by Crippen LogP contribution is 2.12. The van der Waals surface area contributed by atoms with E-state index >= 15 is 0 Å². The van der Waals surface area contributed by atoms with Gasteiger partial charge in [0.1, 0.15) is 5.75 Å². The maximum absolute atomic E-state index is 12.6. The molecule has 0 bridgehead atoms. The molecular weight excluding hydrogens is 442 g/mol. The van der Waals surface area contributed by atoms with Gasteiger partial charge in [0.2, 0.25) is 15.9 Å². The lowest BCUT2D eigenvalue weighted by atomic mass is 10.2. The molecule has 8 nitrogen and oxygen atoms in total. The number of rotatable bonds is 10. The molecule has 0 aliphatic rings. The summed E-state index contributed by atoms with van der Waals surface area (Å²) in [6.07, 6.45) is 0.627. The van der Waals surface area contributed by atoms with Gasteiger partial charge < -0.3 is 4.74 Å². The smallest absolute Gasteiger partial charge is 0.269 e. The Morgan fingerprint density at radius 3 is 2.24 bits per heavy atom. The molecule has 0 saturated carbocycles. The van der Waals surface area contributed by atoms with Gasteiger partial charge in [0.15, 0.2) is 0 Å². The molecule has 0 atom stereocenters. The van der Waals surface area contributed by atoms with Crippen molar-refractivity contribution in [3.8, 4) is 5.75 Å². The molecule has 0 heterocycles. The van der Waals surface area contributed by atoms with Crippen LogP contribution >= 0.6 is 0 Å². The number of benzene rings is 3. The molecule has 9 heteroatoms. The topological polar surface area (TPSA) is 114 Å². The second-order valence-electron chi connectivity index (χ2n) is 7.11. The van der Waals surface area contributed by atoms with Gasteiger partial charge in [-0.3, -0.25) is 20.4 Å². The summed E-state index contributed by atoms with van der Waals surface area (Å²) in [5.74, 6) is -0.281. The molecule has 0 fully saturated rings. The van der Waals surface area contributed by atoms with Crippen LogP contribution in [0, 0.1) is 0 Å². The number of carbonyl (C=O) groups is 2. The Balaban J connectivity index is 1.46. The molecule has 3 rings (SSSR count). The normalized spacial score (nSPS) is 10.9. The molecule has 0 saturated heterocycles. The molecule has 172 valence electrons. The number of ether oxygens (including phenoxy) is 1. The van der Waals surface area contributed by atoms with Gasteiger partial charge in [-0.15, -0.1) is 0 Å². The minimum atomic E-state index is -3.81. The predicted octanol–water partition coefficient (Wildman–Crippen LogP) is 2.79. The first-order valence-corrected chi connectivity index (χ1v) is 11.8. The van der Waals surface area contributed by atoms with Crippen molar-refractivity contribution in [2.75, 3.05) is 6.61 Å². The van der Waals surface area contributed by atoms with Crippen molar-refractivity contribution < 1.29 is 22.7 Å². The summed E-state index contributed by atoms with van der Waals surface area (Å²) < 4.78 is 33.2. The Kier molecular flexibility index (Phi) is 8.56. The number of nitrogens with one attached hydrogen (secondary N) is 3. The minimum Gasteiger partial charge on any atom is -0.494 e. The van der Waals surface area contributed by atoms with Crippen LogP contribution in [0.15, 0.2) is 89.8 Å². The second-order valence-corrected chi connectivity index (χ2v) is 8.87. The number of para-hydroxylation sites is 1. The zero-order valence-electron chi connectivity index (χ0n) is 17.9. The van der Waals surface area contributed by atoms with Crippen LogP contribution in [0.3, 0.4) is 0 Å². The van der Waals surface area contributed by atoms with Crippen molar-refractivity contribution >= 4 is 21.8 Å². The molecule has 0 unspecified atom stereocenters. The summed E-state index contributed by atoms with van der Waals surface area (Å²) in [7, 11) is -3.81. The van der Waals surface area contributed by atoms with Gasteiger partial charge in [-0.1, -0.05) is 54.6 Å². The van der Waals surface area contributed by atoms with Crippen molar-refractivity contribution in [2.24, 2.45) is 0 Å². The van der Waals surface area contributed by atoms with E-state index in [9.17, 15) is 18.0 Å². The van der Waals surface area contributed by atoms with Crippen LogP contribution in [0.25, 0.3) is 0 Å². The summed E-state index contributed by atoms with van der Waals surface area (Å²) in [6.45, 7) is 0.491. The van der Waals surface area contributed by atoms with Crippen LogP contribution in [0.1, 0.15) is 28.8 Å².